The van der Waals surface area contributed by atoms with Crippen molar-refractivity contribution in [2.24, 2.45) is 17.8 Å². The normalized spacial score (nSPS) is 27.7. The molecule has 3 aliphatic heterocycles. The molecule has 1 aromatic carbocycles. The van der Waals surface area contributed by atoms with E-state index in [2.05, 4.69) is 36.2 Å². The highest BCUT2D eigenvalue weighted by molar-refractivity contribution is 5.70. The Hall–Kier alpha value is -1.79. The van der Waals surface area contributed by atoms with Crippen LogP contribution in [0.1, 0.15) is 63.1 Å². The van der Waals surface area contributed by atoms with Gasteiger partial charge in [-0.05, 0) is 79.7 Å². The molecule has 0 unspecified atom stereocenters. The van der Waals surface area contributed by atoms with E-state index in [0.29, 0.717) is 42.9 Å². The predicted molar refractivity (Wildman–Crippen MR) is 125 cm³/mol. The van der Waals surface area contributed by atoms with Gasteiger partial charge < -0.3 is 19.5 Å². The number of piperidine rings is 1. The number of hydrogen-bond acceptors (Lipinski definition) is 6. The summed E-state index contributed by atoms with van der Waals surface area (Å²) in [6.07, 6.45) is 5.96. The SMILES string of the molecule is COc1cc2c(cc1OC)[C@H]1C[C@@H](COC(=O)C[C@@H]3CCCN3)[C@H](CC(C)C)CN1CC2. The average Bonchev–Trinajstić information content (AvgIpc) is 3.29. The van der Waals surface area contributed by atoms with Crippen molar-refractivity contribution in [3.8, 4) is 11.5 Å². The lowest BCUT2D eigenvalue weighted by atomic mass is 9.74. The first-order chi connectivity index (χ1) is 15.5. The molecule has 2 saturated heterocycles. The number of ether oxygens (including phenoxy) is 3. The Morgan fingerprint density at radius 1 is 1.19 bits per heavy atom. The first-order valence-corrected chi connectivity index (χ1v) is 12.4. The zero-order valence-electron chi connectivity index (χ0n) is 20.2. The van der Waals surface area contributed by atoms with Crippen molar-refractivity contribution in [2.75, 3.05) is 40.5 Å². The molecule has 0 saturated carbocycles. The topological polar surface area (TPSA) is 60.0 Å². The molecule has 0 spiro atoms. The van der Waals surface area contributed by atoms with Crippen molar-refractivity contribution < 1.29 is 19.0 Å². The van der Waals surface area contributed by atoms with Gasteiger partial charge in [-0.15, -0.1) is 0 Å². The number of nitrogens with zero attached hydrogens (tertiary/aromatic N) is 1. The maximum Gasteiger partial charge on any atom is 0.307 e. The van der Waals surface area contributed by atoms with Crippen LogP contribution in [0.25, 0.3) is 0 Å². The van der Waals surface area contributed by atoms with Crippen molar-refractivity contribution in [1.82, 2.24) is 10.2 Å². The standard InChI is InChI=1S/C26H40N2O4/c1-17(2)10-19-15-28-9-7-18-12-24(30-3)25(31-4)14-22(18)23(28)11-20(19)16-32-26(29)13-21-6-5-8-27-21/h12,14,17,19-21,23,27H,5-11,13,15-16H2,1-4H3/t19-,20+,21+,23-/m1/s1. The van der Waals surface area contributed by atoms with Gasteiger partial charge in [0.1, 0.15) is 0 Å². The Morgan fingerprint density at radius 2 is 1.97 bits per heavy atom. The number of carbonyl (C=O) groups excluding carboxylic acids is 1. The molecule has 0 amide bonds. The molecule has 1 N–H and O–H groups in total. The number of nitrogens with one attached hydrogen (secondary N) is 1. The van der Waals surface area contributed by atoms with Gasteiger partial charge in [-0.3, -0.25) is 9.69 Å². The number of methoxy groups -OCH3 is 2. The van der Waals surface area contributed by atoms with Crippen molar-refractivity contribution in [3.05, 3.63) is 23.3 Å². The third kappa shape index (κ3) is 5.23. The Morgan fingerprint density at radius 3 is 2.66 bits per heavy atom. The average molecular weight is 445 g/mol. The summed E-state index contributed by atoms with van der Waals surface area (Å²) >= 11 is 0. The van der Waals surface area contributed by atoms with Crippen LogP contribution in [0.5, 0.6) is 11.5 Å². The molecule has 32 heavy (non-hydrogen) atoms. The van der Waals surface area contributed by atoms with Crippen LogP contribution >= 0.6 is 0 Å². The summed E-state index contributed by atoms with van der Waals surface area (Å²) in [6, 6.07) is 4.96. The van der Waals surface area contributed by atoms with E-state index < -0.39 is 0 Å². The predicted octanol–water partition coefficient (Wildman–Crippen LogP) is 3.97. The summed E-state index contributed by atoms with van der Waals surface area (Å²) in [7, 11) is 3.40. The van der Waals surface area contributed by atoms with E-state index in [1.165, 1.54) is 17.5 Å². The second-order valence-electron chi connectivity index (χ2n) is 10.2. The van der Waals surface area contributed by atoms with Crippen LogP contribution in [-0.4, -0.2) is 57.4 Å². The summed E-state index contributed by atoms with van der Waals surface area (Å²) in [5, 5.41) is 3.40. The molecule has 0 radical (unpaired) electrons. The summed E-state index contributed by atoms with van der Waals surface area (Å²) in [5.41, 5.74) is 2.71. The number of carbonyl (C=O) groups is 1. The molecule has 0 bridgehead atoms. The highest BCUT2D eigenvalue weighted by Crippen LogP contribution is 2.45. The highest BCUT2D eigenvalue weighted by atomic mass is 16.5. The van der Waals surface area contributed by atoms with E-state index in [9.17, 15) is 4.79 Å². The zero-order valence-corrected chi connectivity index (χ0v) is 20.2. The molecule has 0 aromatic heterocycles. The fourth-order valence-corrected chi connectivity index (χ4v) is 5.97. The molecule has 178 valence electrons. The van der Waals surface area contributed by atoms with Crippen LogP contribution < -0.4 is 14.8 Å². The summed E-state index contributed by atoms with van der Waals surface area (Å²) in [4.78, 5) is 15.1. The first kappa shape index (κ1) is 23.4. The van der Waals surface area contributed by atoms with Crippen LogP contribution in [0, 0.1) is 17.8 Å². The lowest BCUT2D eigenvalue weighted by Gasteiger charge is -2.47. The fourth-order valence-electron chi connectivity index (χ4n) is 5.97. The summed E-state index contributed by atoms with van der Waals surface area (Å²) in [6.45, 7) is 8.29. The molecule has 3 aliphatic rings. The van der Waals surface area contributed by atoms with Crippen LogP contribution in [0.3, 0.4) is 0 Å². The third-order valence-electron chi connectivity index (χ3n) is 7.58. The zero-order chi connectivity index (χ0) is 22.7. The van der Waals surface area contributed by atoms with Crippen molar-refractivity contribution >= 4 is 5.97 Å². The third-order valence-corrected chi connectivity index (χ3v) is 7.58. The Balaban J connectivity index is 1.48. The highest BCUT2D eigenvalue weighted by Gasteiger charge is 2.40. The minimum atomic E-state index is -0.0504. The van der Waals surface area contributed by atoms with E-state index in [1.54, 1.807) is 14.2 Å². The van der Waals surface area contributed by atoms with Crippen LogP contribution in [0.4, 0.5) is 0 Å². The second kappa shape index (κ2) is 10.4. The van der Waals surface area contributed by atoms with Gasteiger partial charge in [-0.2, -0.15) is 0 Å². The van der Waals surface area contributed by atoms with Crippen LogP contribution in [0.2, 0.25) is 0 Å². The Kier molecular flexibility index (Phi) is 7.62. The lowest BCUT2D eigenvalue weighted by molar-refractivity contribution is -0.147. The van der Waals surface area contributed by atoms with Crippen molar-refractivity contribution in [1.29, 1.82) is 0 Å². The van der Waals surface area contributed by atoms with Gasteiger partial charge in [0.15, 0.2) is 11.5 Å². The molecule has 6 heteroatoms. The molecule has 6 nitrogen and oxygen atoms in total. The van der Waals surface area contributed by atoms with Gasteiger partial charge in [-0.25, -0.2) is 0 Å². The molecule has 0 aliphatic carbocycles. The van der Waals surface area contributed by atoms with E-state index in [1.807, 2.05) is 0 Å². The van der Waals surface area contributed by atoms with E-state index in [0.717, 1.165) is 56.8 Å². The smallest absolute Gasteiger partial charge is 0.307 e. The minimum absolute atomic E-state index is 0.0504. The molecule has 4 rings (SSSR count). The minimum Gasteiger partial charge on any atom is -0.493 e. The summed E-state index contributed by atoms with van der Waals surface area (Å²) < 4.78 is 17.0. The monoisotopic (exact) mass is 444 g/mol. The van der Waals surface area contributed by atoms with Gasteiger partial charge in [-0.1, -0.05) is 13.8 Å². The Labute approximate surface area is 193 Å². The summed E-state index contributed by atoms with van der Waals surface area (Å²) in [5.74, 6) is 3.14. The number of fused-ring (bicyclic) bond motifs is 3. The van der Waals surface area contributed by atoms with E-state index in [-0.39, 0.29) is 5.97 Å². The molecular weight excluding hydrogens is 404 g/mol. The fraction of sp³-hybridized carbons (Fsp3) is 0.731. The molecule has 2 fully saturated rings. The maximum atomic E-state index is 12.5. The Bertz CT molecular complexity index is 790. The van der Waals surface area contributed by atoms with Gasteiger partial charge in [0.2, 0.25) is 0 Å². The molecule has 1 aromatic rings. The lowest BCUT2D eigenvalue weighted by Crippen LogP contribution is -2.47. The van der Waals surface area contributed by atoms with E-state index in [4.69, 9.17) is 14.2 Å². The quantitative estimate of drug-likeness (QED) is 0.612. The first-order valence-electron chi connectivity index (χ1n) is 12.4. The van der Waals surface area contributed by atoms with Crippen molar-refractivity contribution in [2.45, 2.75) is 64.5 Å². The van der Waals surface area contributed by atoms with Gasteiger partial charge in [0, 0.05) is 25.2 Å². The number of benzene rings is 1. The van der Waals surface area contributed by atoms with Crippen LogP contribution in [0.15, 0.2) is 12.1 Å². The van der Waals surface area contributed by atoms with Gasteiger partial charge in [0.25, 0.3) is 0 Å². The van der Waals surface area contributed by atoms with Gasteiger partial charge >= 0.3 is 5.97 Å². The number of hydrogen-bond donors (Lipinski definition) is 1. The van der Waals surface area contributed by atoms with Crippen molar-refractivity contribution in [3.63, 3.8) is 0 Å². The second-order valence-corrected chi connectivity index (χ2v) is 10.2. The number of rotatable bonds is 8. The van der Waals surface area contributed by atoms with E-state index >= 15 is 0 Å². The largest absolute Gasteiger partial charge is 0.493 e. The van der Waals surface area contributed by atoms with Crippen LogP contribution in [-0.2, 0) is 16.0 Å². The molecular formula is C26H40N2O4. The number of esters is 1. The molecule has 3 heterocycles. The molecule has 4 atom stereocenters. The maximum absolute atomic E-state index is 12.5. The van der Waals surface area contributed by atoms with Gasteiger partial charge in [0.05, 0.1) is 27.2 Å².